The molecular formula is C17H23N5O2S2. The lowest BCUT2D eigenvalue weighted by Crippen LogP contribution is -2.48. The van der Waals surface area contributed by atoms with E-state index in [0.717, 1.165) is 24.9 Å². The first kappa shape index (κ1) is 17.7. The van der Waals surface area contributed by atoms with E-state index >= 15 is 0 Å². The third-order valence-electron chi connectivity index (χ3n) is 4.92. The van der Waals surface area contributed by atoms with Gasteiger partial charge in [-0.3, -0.25) is 0 Å². The fraction of sp³-hybridized carbons (Fsp3) is 0.529. The highest BCUT2D eigenvalue weighted by Crippen LogP contribution is 2.24. The summed E-state index contributed by atoms with van der Waals surface area (Å²) >= 11 is 1.27. The molecule has 7 nitrogen and oxygen atoms in total. The van der Waals surface area contributed by atoms with Gasteiger partial charge in [0.1, 0.15) is 10.0 Å². The zero-order valence-electron chi connectivity index (χ0n) is 14.6. The number of piperazine rings is 1. The maximum Gasteiger partial charge on any atom is 0.252 e. The van der Waals surface area contributed by atoms with E-state index in [2.05, 4.69) is 14.8 Å². The Kier molecular flexibility index (Phi) is 5.10. The maximum absolute atomic E-state index is 12.6. The molecule has 0 aliphatic carbocycles. The second-order valence-electron chi connectivity index (χ2n) is 6.59. The van der Waals surface area contributed by atoms with Crippen LogP contribution in [0.25, 0.3) is 0 Å². The summed E-state index contributed by atoms with van der Waals surface area (Å²) in [4.78, 5) is 13.6. The molecule has 2 aromatic rings. The van der Waals surface area contributed by atoms with Crippen molar-refractivity contribution < 1.29 is 8.42 Å². The van der Waals surface area contributed by atoms with E-state index in [1.165, 1.54) is 30.6 Å². The molecule has 0 spiro atoms. The summed E-state index contributed by atoms with van der Waals surface area (Å²) in [6, 6.07) is 5.36. The van der Waals surface area contributed by atoms with Gasteiger partial charge in [0, 0.05) is 45.5 Å². The molecule has 0 aromatic carbocycles. The fourth-order valence-electron chi connectivity index (χ4n) is 3.46. The van der Waals surface area contributed by atoms with Crippen LogP contribution >= 0.6 is 11.3 Å². The number of hydrogen-bond donors (Lipinski definition) is 0. The molecule has 0 bridgehead atoms. The average molecular weight is 394 g/mol. The van der Waals surface area contributed by atoms with Gasteiger partial charge in [-0.2, -0.15) is 9.29 Å². The maximum atomic E-state index is 12.6. The largest absolute Gasteiger partial charge is 0.354 e. The van der Waals surface area contributed by atoms with Gasteiger partial charge >= 0.3 is 0 Å². The average Bonchev–Trinajstić information content (AvgIpc) is 3.25. The molecule has 0 amide bonds. The van der Waals surface area contributed by atoms with Gasteiger partial charge in [0.25, 0.3) is 10.0 Å². The van der Waals surface area contributed by atoms with Gasteiger partial charge in [0.15, 0.2) is 0 Å². The van der Waals surface area contributed by atoms with E-state index < -0.39 is 10.0 Å². The molecule has 9 heteroatoms. The Hall–Kier alpha value is -1.71. The first-order chi connectivity index (χ1) is 12.6. The topological polar surface area (TPSA) is 69.6 Å². The zero-order chi connectivity index (χ0) is 18.0. The molecule has 0 N–H and O–H groups in total. The summed E-state index contributed by atoms with van der Waals surface area (Å²) in [6.45, 7) is 4.25. The van der Waals surface area contributed by atoms with E-state index in [4.69, 9.17) is 4.98 Å². The minimum absolute atomic E-state index is 0.417. The number of anilines is 2. The van der Waals surface area contributed by atoms with Crippen LogP contribution in [0.5, 0.6) is 0 Å². The van der Waals surface area contributed by atoms with Crippen molar-refractivity contribution in [3.63, 3.8) is 0 Å². The Morgan fingerprint density at radius 2 is 1.69 bits per heavy atom. The molecule has 2 aromatic heterocycles. The van der Waals surface area contributed by atoms with Gasteiger partial charge in [0.2, 0.25) is 5.95 Å². The standard InChI is InChI=1S/C17H23N5O2S2/c23-26(24,16-5-4-14-25-16)22-12-10-20(11-13-22)15-6-7-18-17(19-15)21-8-2-1-3-9-21/h4-7,14H,1-3,8-13H2. The highest BCUT2D eigenvalue weighted by molar-refractivity contribution is 7.91. The van der Waals surface area contributed by atoms with E-state index in [0.29, 0.717) is 30.4 Å². The summed E-state index contributed by atoms with van der Waals surface area (Å²) < 4.78 is 27.3. The van der Waals surface area contributed by atoms with Gasteiger partial charge in [-0.15, -0.1) is 11.3 Å². The number of sulfonamides is 1. The third kappa shape index (κ3) is 3.56. The second kappa shape index (κ2) is 7.50. The van der Waals surface area contributed by atoms with E-state index in [1.54, 1.807) is 28.0 Å². The molecule has 2 aliphatic rings. The minimum atomic E-state index is -3.37. The molecule has 0 radical (unpaired) electrons. The van der Waals surface area contributed by atoms with Crippen LogP contribution in [0.3, 0.4) is 0 Å². The van der Waals surface area contributed by atoms with E-state index in [9.17, 15) is 8.42 Å². The Labute approximate surface area is 158 Å². The van der Waals surface area contributed by atoms with Crippen molar-refractivity contribution in [2.24, 2.45) is 0 Å². The van der Waals surface area contributed by atoms with Crippen molar-refractivity contribution in [1.29, 1.82) is 0 Å². The Balaban J connectivity index is 1.43. The lowest BCUT2D eigenvalue weighted by molar-refractivity contribution is 0.384. The Bertz CT molecular complexity index is 827. The minimum Gasteiger partial charge on any atom is -0.354 e. The third-order valence-corrected chi connectivity index (χ3v) is 8.19. The summed E-state index contributed by atoms with van der Waals surface area (Å²) in [6.07, 6.45) is 5.46. The number of hydrogen-bond acceptors (Lipinski definition) is 7. The molecular weight excluding hydrogens is 370 g/mol. The summed E-state index contributed by atoms with van der Waals surface area (Å²) in [7, 11) is -3.37. The van der Waals surface area contributed by atoms with Crippen molar-refractivity contribution in [1.82, 2.24) is 14.3 Å². The number of thiophene rings is 1. The number of nitrogens with zero attached hydrogens (tertiary/aromatic N) is 5. The zero-order valence-corrected chi connectivity index (χ0v) is 16.3. The van der Waals surface area contributed by atoms with Crippen molar-refractivity contribution in [3.8, 4) is 0 Å². The number of aromatic nitrogens is 2. The van der Waals surface area contributed by atoms with Crippen LogP contribution in [0.4, 0.5) is 11.8 Å². The first-order valence-corrected chi connectivity index (χ1v) is 11.3. The van der Waals surface area contributed by atoms with Crippen molar-refractivity contribution in [2.45, 2.75) is 23.5 Å². The molecule has 4 rings (SSSR count). The molecule has 26 heavy (non-hydrogen) atoms. The van der Waals surface area contributed by atoms with Crippen LogP contribution in [0.2, 0.25) is 0 Å². The molecule has 2 fully saturated rings. The predicted molar refractivity (Wildman–Crippen MR) is 103 cm³/mol. The summed E-state index contributed by atoms with van der Waals surface area (Å²) in [5, 5.41) is 1.80. The van der Waals surface area contributed by atoms with Gasteiger partial charge in [-0.05, 0) is 36.8 Å². The van der Waals surface area contributed by atoms with Crippen LogP contribution in [-0.2, 0) is 10.0 Å². The smallest absolute Gasteiger partial charge is 0.252 e. The van der Waals surface area contributed by atoms with Gasteiger partial charge in [-0.1, -0.05) is 6.07 Å². The first-order valence-electron chi connectivity index (χ1n) is 9.01. The van der Waals surface area contributed by atoms with Crippen LogP contribution in [0.15, 0.2) is 34.0 Å². The van der Waals surface area contributed by atoms with E-state index in [-0.39, 0.29) is 0 Å². The van der Waals surface area contributed by atoms with Crippen molar-refractivity contribution in [3.05, 3.63) is 29.8 Å². The lowest BCUT2D eigenvalue weighted by atomic mass is 10.1. The Morgan fingerprint density at radius 1 is 0.923 bits per heavy atom. The van der Waals surface area contributed by atoms with Crippen LogP contribution in [-0.4, -0.2) is 62.0 Å². The molecule has 0 atom stereocenters. The van der Waals surface area contributed by atoms with Crippen molar-refractivity contribution in [2.75, 3.05) is 49.1 Å². The molecule has 2 saturated heterocycles. The summed E-state index contributed by atoms with van der Waals surface area (Å²) in [5.41, 5.74) is 0. The number of rotatable bonds is 4. The molecule has 140 valence electrons. The molecule has 4 heterocycles. The van der Waals surface area contributed by atoms with E-state index in [1.807, 2.05) is 6.07 Å². The highest BCUT2D eigenvalue weighted by Gasteiger charge is 2.29. The summed E-state index contributed by atoms with van der Waals surface area (Å²) in [5.74, 6) is 1.67. The SMILES string of the molecule is O=S(=O)(c1cccs1)N1CCN(c2ccnc(N3CCCCC3)n2)CC1. The quantitative estimate of drug-likeness (QED) is 0.792. The highest BCUT2D eigenvalue weighted by atomic mass is 32.2. The van der Waals surface area contributed by atoms with Gasteiger partial charge < -0.3 is 9.80 Å². The lowest BCUT2D eigenvalue weighted by Gasteiger charge is -2.35. The predicted octanol–water partition coefficient (Wildman–Crippen LogP) is 2.04. The normalized spacial score (nSPS) is 19.7. The second-order valence-corrected chi connectivity index (χ2v) is 9.70. The number of piperidine rings is 1. The fourth-order valence-corrected chi connectivity index (χ4v) is 6.02. The van der Waals surface area contributed by atoms with Crippen LogP contribution < -0.4 is 9.80 Å². The van der Waals surface area contributed by atoms with Crippen LogP contribution in [0, 0.1) is 0 Å². The molecule has 2 aliphatic heterocycles. The van der Waals surface area contributed by atoms with Gasteiger partial charge in [0.05, 0.1) is 0 Å². The van der Waals surface area contributed by atoms with Gasteiger partial charge in [-0.25, -0.2) is 13.4 Å². The Morgan fingerprint density at radius 3 is 2.38 bits per heavy atom. The monoisotopic (exact) mass is 393 g/mol. The van der Waals surface area contributed by atoms with Crippen molar-refractivity contribution >= 4 is 33.1 Å². The van der Waals surface area contributed by atoms with Crippen LogP contribution in [0.1, 0.15) is 19.3 Å². The molecule has 0 saturated carbocycles. The molecule has 0 unspecified atom stereocenters.